The van der Waals surface area contributed by atoms with E-state index in [0.29, 0.717) is 6.42 Å². The smallest absolute Gasteiger partial charge is 0.243 e. The van der Waals surface area contributed by atoms with Gasteiger partial charge in [-0.2, -0.15) is 0 Å². The van der Waals surface area contributed by atoms with Crippen LogP contribution in [0.2, 0.25) is 5.02 Å². The van der Waals surface area contributed by atoms with E-state index in [-0.39, 0.29) is 35.4 Å². The van der Waals surface area contributed by atoms with Gasteiger partial charge < -0.3 is 10.2 Å². The molecule has 0 saturated heterocycles. The molecule has 0 fully saturated rings. The lowest BCUT2D eigenvalue weighted by molar-refractivity contribution is -0.141. The summed E-state index contributed by atoms with van der Waals surface area (Å²) in [5.41, 5.74) is 1.44. The van der Waals surface area contributed by atoms with E-state index >= 15 is 0 Å². The second kappa shape index (κ2) is 11.3. The summed E-state index contributed by atoms with van der Waals surface area (Å²) >= 11 is 6.21. The predicted molar refractivity (Wildman–Crippen MR) is 134 cm³/mol. The van der Waals surface area contributed by atoms with Gasteiger partial charge >= 0.3 is 0 Å². The molecule has 0 aromatic heterocycles. The van der Waals surface area contributed by atoms with Crippen molar-refractivity contribution >= 4 is 23.4 Å². The Labute approximate surface area is 205 Å². The van der Waals surface area contributed by atoms with E-state index < -0.39 is 17.4 Å². The van der Waals surface area contributed by atoms with Crippen LogP contribution in [0.15, 0.2) is 78.9 Å². The largest absolute Gasteiger partial charge is 0.350 e. The van der Waals surface area contributed by atoms with Crippen molar-refractivity contribution in [2.75, 3.05) is 0 Å². The first-order chi connectivity index (χ1) is 16.1. The Balaban J connectivity index is 2.01. The SMILES string of the molecule is CC(C)(C)NC(=O)C(Cc1ccccc1)N(Cc1ccccc1)C(=O)Cc1c(F)cccc1Cl. The molecule has 4 nitrogen and oxygen atoms in total. The maximum absolute atomic E-state index is 14.5. The van der Waals surface area contributed by atoms with Crippen molar-refractivity contribution in [3.8, 4) is 0 Å². The number of carbonyl (C=O) groups is 2. The van der Waals surface area contributed by atoms with Crippen LogP contribution in [0.5, 0.6) is 0 Å². The van der Waals surface area contributed by atoms with E-state index in [1.807, 2.05) is 81.4 Å². The summed E-state index contributed by atoms with van der Waals surface area (Å²) in [6.07, 6.45) is 0.0821. The van der Waals surface area contributed by atoms with Gasteiger partial charge in [0, 0.05) is 29.1 Å². The Morgan fingerprint density at radius 2 is 1.50 bits per heavy atom. The van der Waals surface area contributed by atoms with Crippen LogP contribution in [0.3, 0.4) is 0 Å². The van der Waals surface area contributed by atoms with Crippen LogP contribution < -0.4 is 5.32 Å². The summed E-state index contributed by atoms with van der Waals surface area (Å²) < 4.78 is 14.5. The van der Waals surface area contributed by atoms with Crippen LogP contribution in [-0.4, -0.2) is 28.3 Å². The summed E-state index contributed by atoms with van der Waals surface area (Å²) in [6.45, 7) is 5.90. The van der Waals surface area contributed by atoms with E-state index in [1.54, 1.807) is 6.07 Å². The third-order valence-electron chi connectivity index (χ3n) is 5.35. The number of hydrogen-bond acceptors (Lipinski definition) is 2. The molecule has 0 heterocycles. The number of amides is 2. The van der Waals surface area contributed by atoms with Gasteiger partial charge in [-0.1, -0.05) is 78.3 Å². The number of nitrogens with one attached hydrogen (secondary N) is 1. The summed E-state index contributed by atoms with van der Waals surface area (Å²) in [6, 6.07) is 22.6. The summed E-state index contributed by atoms with van der Waals surface area (Å²) in [4.78, 5) is 28.7. The average molecular weight is 481 g/mol. The second-order valence-electron chi connectivity index (χ2n) is 9.33. The first kappa shape index (κ1) is 25.4. The molecular weight excluding hydrogens is 451 g/mol. The molecule has 1 N–H and O–H groups in total. The van der Waals surface area contributed by atoms with Gasteiger partial charge in [-0.3, -0.25) is 9.59 Å². The van der Waals surface area contributed by atoms with Gasteiger partial charge in [-0.25, -0.2) is 4.39 Å². The molecule has 0 aliphatic rings. The molecule has 0 aliphatic carbocycles. The van der Waals surface area contributed by atoms with Crippen LogP contribution in [0, 0.1) is 5.82 Å². The minimum absolute atomic E-state index is 0.127. The number of carbonyl (C=O) groups excluding carboxylic acids is 2. The predicted octanol–water partition coefficient (Wildman–Crippen LogP) is 5.58. The van der Waals surface area contributed by atoms with E-state index in [1.165, 1.54) is 17.0 Å². The molecule has 2 amide bonds. The molecule has 3 rings (SSSR count). The number of rotatable bonds is 8. The quantitative estimate of drug-likeness (QED) is 0.457. The topological polar surface area (TPSA) is 49.4 Å². The molecule has 3 aromatic carbocycles. The van der Waals surface area contributed by atoms with Crippen molar-refractivity contribution in [3.63, 3.8) is 0 Å². The lowest BCUT2D eigenvalue weighted by Crippen LogP contribution is -2.54. The Kier molecular flexibility index (Phi) is 8.46. The first-order valence-electron chi connectivity index (χ1n) is 11.3. The average Bonchev–Trinajstić information content (AvgIpc) is 2.79. The highest BCUT2D eigenvalue weighted by molar-refractivity contribution is 6.31. The van der Waals surface area contributed by atoms with Gasteiger partial charge in [0.05, 0.1) is 6.42 Å². The minimum Gasteiger partial charge on any atom is -0.350 e. The molecule has 0 aliphatic heterocycles. The maximum atomic E-state index is 14.5. The highest BCUT2D eigenvalue weighted by atomic mass is 35.5. The molecule has 0 saturated carbocycles. The summed E-state index contributed by atoms with van der Waals surface area (Å²) in [7, 11) is 0. The lowest BCUT2D eigenvalue weighted by atomic mass is 9.99. The molecule has 1 unspecified atom stereocenters. The van der Waals surface area contributed by atoms with Gasteiger partial charge in [0.2, 0.25) is 11.8 Å². The zero-order valence-corrected chi connectivity index (χ0v) is 20.5. The van der Waals surface area contributed by atoms with Crippen molar-refractivity contribution < 1.29 is 14.0 Å². The Morgan fingerprint density at radius 3 is 2.06 bits per heavy atom. The first-order valence-corrected chi connectivity index (χ1v) is 11.6. The standard InChI is InChI=1S/C28H30ClFN2O2/c1-28(2,3)31-27(34)25(17-20-11-6-4-7-12-20)32(19-21-13-8-5-9-14-21)26(33)18-22-23(29)15-10-16-24(22)30/h4-16,25H,17-19H2,1-3H3,(H,31,34). The molecule has 1 atom stereocenters. The number of benzene rings is 3. The van der Waals surface area contributed by atoms with E-state index in [0.717, 1.165) is 11.1 Å². The van der Waals surface area contributed by atoms with E-state index in [4.69, 9.17) is 11.6 Å². The maximum Gasteiger partial charge on any atom is 0.243 e. The molecule has 0 radical (unpaired) electrons. The van der Waals surface area contributed by atoms with Crippen molar-refractivity contribution in [1.29, 1.82) is 0 Å². The fourth-order valence-electron chi connectivity index (χ4n) is 3.74. The molecule has 0 spiro atoms. The molecule has 3 aromatic rings. The van der Waals surface area contributed by atoms with E-state index in [2.05, 4.69) is 5.32 Å². The van der Waals surface area contributed by atoms with Gasteiger partial charge in [0.25, 0.3) is 0 Å². The van der Waals surface area contributed by atoms with Crippen LogP contribution in [-0.2, 0) is 29.0 Å². The zero-order valence-electron chi connectivity index (χ0n) is 19.7. The molecular formula is C28H30ClFN2O2. The van der Waals surface area contributed by atoms with Crippen LogP contribution in [0.1, 0.15) is 37.5 Å². The Bertz CT molecular complexity index is 1090. The Morgan fingerprint density at radius 1 is 0.912 bits per heavy atom. The number of nitrogens with zero attached hydrogens (tertiary/aromatic N) is 1. The van der Waals surface area contributed by atoms with Crippen molar-refractivity contribution in [2.45, 2.75) is 51.7 Å². The van der Waals surface area contributed by atoms with Crippen LogP contribution in [0.4, 0.5) is 4.39 Å². The fraction of sp³-hybridized carbons (Fsp3) is 0.286. The fourth-order valence-corrected chi connectivity index (χ4v) is 3.97. The third-order valence-corrected chi connectivity index (χ3v) is 5.71. The van der Waals surface area contributed by atoms with Crippen molar-refractivity contribution in [2.24, 2.45) is 0 Å². The second-order valence-corrected chi connectivity index (χ2v) is 9.74. The Hall–Kier alpha value is -3.18. The van der Waals surface area contributed by atoms with Crippen LogP contribution in [0.25, 0.3) is 0 Å². The lowest BCUT2D eigenvalue weighted by Gasteiger charge is -2.34. The van der Waals surface area contributed by atoms with Gasteiger partial charge in [0.1, 0.15) is 11.9 Å². The molecule has 6 heteroatoms. The van der Waals surface area contributed by atoms with E-state index in [9.17, 15) is 14.0 Å². The van der Waals surface area contributed by atoms with Gasteiger partial charge in [-0.05, 0) is 44.0 Å². The highest BCUT2D eigenvalue weighted by Gasteiger charge is 2.32. The highest BCUT2D eigenvalue weighted by Crippen LogP contribution is 2.22. The van der Waals surface area contributed by atoms with Crippen molar-refractivity contribution in [1.82, 2.24) is 10.2 Å². The minimum atomic E-state index is -0.792. The monoisotopic (exact) mass is 480 g/mol. The van der Waals surface area contributed by atoms with Gasteiger partial charge in [-0.15, -0.1) is 0 Å². The molecule has 178 valence electrons. The van der Waals surface area contributed by atoms with Crippen LogP contribution >= 0.6 is 11.6 Å². The molecule has 34 heavy (non-hydrogen) atoms. The normalized spacial score (nSPS) is 12.1. The summed E-state index contributed by atoms with van der Waals surface area (Å²) in [5.74, 6) is -1.18. The summed E-state index contributed by atoms with van der Waals surface area (Å²) in [5, 5.41) is 3.20. The van der Waals surface area contributed by atoms with Crippen molar-refractivity contribution in [3.05, 3.63) is 106 Å². The third kappa shape index (κ3) is 7.16. The number of halogens is 2. The number of hydrogen-bond donors (Lipinski definition) is 1. The molecule has 0 bridgehead atoms. The zero-order chi connectivity index (χ0) is 24.7. The van der Waals surface area contributed by atoms with Gasteiger partial charge in [0.15, 0.2) is 0 Å².